The predicted octanol–water partition coefficient (Wildman–Crippen LogP) is 2.57. The number of pyridine rings is 1. The van der Waals surface area contributed by atoms with Gasteiger partial charge in [0.25, 0.3) is 5.88 Å². The molecule has 1 atom stereocenters. The summed E-state index contributed by atoms with van der Waals surface area (Å²) in [7, 11) is 1.38. The van der Waals surface area contributed by atoms with Crippen LogP contribution in [0.15, 0.2) is 36.4 Å². The maximum atomic E-state index is 14.4. The van der Waals surface area contributed by atoms with Gasteiger partial charge in [0.05, 0.1) is 7.11 Å². The molecule has 2 aromatic rings. The van der Waals surface area contributed by atoms with Crippen molar-refractivity contribution in [1.29, 1.82) is 0 Å². The number of amides is 2. The molecule has 1 unspecified atom stereocenters. The third-order valence-corrected chi connectivity index (χ3v) is 4.65. The van der Waals surface area contributed by atoms with Gasteiger partial charge in [0.1, 0.15) is 12.6 Å². The molecule has 2 amide bonds. The first-order chi connectivity index (χ1) is 14.0. The normalized spacial score (nSPS) is 15.8. The van der Waals surface area contributed by atoms with Crippen LogP contribution in [0.2, 0.25) is 0 Å². The van der Waals surface area contributed by atoms with E-state index in [9.17, 15) is 14.0 Å². The number of nitrogens with zero attached hydrogens (tertiary/aromatic N) is 2. The molecule has 9 heteroatoms. The molecule has 1 aromatic carbocycles. The number of carboxylic acid groups (broad SMARTS) is 1. The summed E-state index contributed by atoms with van der Waals surface area (Å²) in [6.45, 7) is 0.423. The number of benzene rings is 1. The van der Waals surface area contributed by atoms with Crippen LogP contribution in [0.4, 0.5) is 9.18 Å². The van der Waals surface area contributed by atoms with E-state index in [1.165, 1.54) is 13.2 Å². The summed E-state index contributed by atoms with van der Waals surface area (Å²) in [5.41, 5.74) is 1.19. The van der Waals surface area contributed by atoms with Crippen LogP contribution in [-0.4, -0.2) is 46.7 Å². The van der Waals surface area contributed by atoms with E-state index in [2.05, 4.69) is 10.3 Å². The summed E-state index contributed by atoms with van der Waals surface area (Å²) in [6, 6.07) is 9.72. The number of carbonyl (C=O) groups excluding carboxylic acids is 1. The van der Waals surface area contributed by atoms with Gasteiger partial charge in [-0.15, -0.1) is 0 Å². The molecule has 29 heavy (non-hydrogen) atoms. The molecule has 0 saturated carbocycles. The van der Waals surface area contributed by atoms with Gasteiger partial charge < -0.3 is 19.9 Å². The van der Waals surface area contributed by atoms with E-state index in [1.54, 1.807) is 0 Å². The van der Waals surface area contributed by atoms with Crippen molar-refractivity contribution in [3.8, 4) is 11.8 Å². The standard InChI is InChI=1S/C20H22FN3O5/c1-28-18-14(11-22-17(25)16-8-5-9-24(16)20(26)27)10-15(21)19(23-18)29-12-13-6-3-2-4-7-13/h2-4,6-7,10,16H,5,8-9,11-12H2,1H3,(H,22,25)(H,26,27). The first-order valence-corrected chi connectivity index (χ1v) is 9.17. The van der Waals surface area contributed by atoms with E-state index >= 15 is 0 Å². The zero-order valence-corrected chi connectivity index (χ0v) is 15.9. The van der Waals surface area contributed by atoms with Crippen molar-refractivity contribution in [3.63, 3.8) is 0 Å². The van der Waals surface area contributed by atoms with E-state index in [4.69, 9.17) is 14.6 Å². The smallest absolute Gasteiger partial charge is 0.407 e. The lowest BCUT2D eigenvalue weighted by Gasteiger charge is -2.21. The van der Waals surface area contributed by atoms with Gasteiger partial charge >= 0.3 is 6.09 Å². The summed E-state index contributed by atoms with van der Waals surface area (Å²) in [6.07, 6.45) is -0.0567. The van der Waals surface area contributed by atoms with Crippen LogP contribution in [0.5, 0.6) is 11.8 Å². The Morgan fingerprint density at radius 3 is 2.76 bits per heavy atom. The number of nitrogens with one attached hydrogen (secondary N) is 1. The quantitative estimate of drug-likeness (QED) is 0.737. The summed E-state index contributed by atoms with van der Waals surface area (Å²) < 4.78 is 25.1. The van der Waals surface area contributed by atoms with Gasteiger partial charge in [-0.1, -0.05) is 30.3 Å². The van der Waals surface area contributed by atoms with Gasteiger partial charge in [-0.3, -0.25) is 9.69 Å². The van der Waals surface area contributed by atoms with Crippen molar-refractivity contribution in [2.75, 3.05) is 13.7 Å². The third kappa shape index (κ3) is 4.92. The average molecular weight is 403 g/mol. The van der Waals surface area contributed by atoms with E-state index < -0.39 is 23.9 Å². The molecule has 2 N–H and O–H groups in total. The first kappa shape index (κ1) is 20.4. The summed E-state index contributed by atoms with van der Waals surface area (Å²) in [4.78, 5) is 28.7. The first-order valence-electron chi connectivity index (χ1n) is 9.17. The fraction of sp³-hybridized carbons (Fsp3) is 0.350. The van der Waals surface area contributed by atoms with Crippen LogP contribution in [0.3, 0.4) is 0 Å². The summed E-state index contributed by atoms with van der Waals surface area (Å²) in [5, 5.41) is 11.8. The highest BCUT2D eigenvalue weighted by atomic mass is 19.1. The Morgan fingerprint density at radius 1 is 1.31 bits per heavy atom. The molecule has 2 heterocycles. The summed E-state index contributed by atoms with van der Waals surface area (Å²) in [5.74, 6) is -1.19. The number of hydrogen-bond acceptors (Lipinski definition) is 5. The number of likely N-dealkylation sites (tertiary alicyclic amines) is 1. The van der Waals surface area contributed by atoms with Gasteiger partial charge in [0.15, 0.2) is 5.82 Å². The second kappa shape index (κ2) is 9.22. The number of hydrogen-bond donors (Lipinski definition) is 2. The minimum absolute atomic E-state index is 0.0468. The van der Waals surface area contributed by atoms with Crippen molar-refractivity contribution < 1.29 is 28.6 Å². The molecule has 154 valence electrons. The highest BCUT2D eigenvalue weighted by Gasteiger charge is 2.34. The van der Waals surface area contributed by atoms with Crippen molar-refractivity contribution in [1.82, 2.24) is 15.2 Å². The number of carbonyl (C=O) groups is 2. The molecule has 0 aliphatic carbocycles. The molecule has 1 aliphatic rings. The van der Waals surface area contributed by atoms with Crippen LogP contribution >= 0.6 is 0 Å². The molecular weight excluding hydrogens is 381 g/mol. The fourth-order valence-corrected chi connectivity index (χ4v) is 3.19. The van der Waals surface area contributed by atoms with Crippen molar-refractivity contribution >= 4 is 12.0 Å². The Labute approximate surface area is 167 Å². The number of rotatable bonds is 7. The van der Waals surface area contributed by atoms with E-state index in [-0.39, 0.29) is 24.9 Å². The monoisotopic (exact) mass is 403 g/mol. The molecule has 8 nitrogen and oxygen atoms in total. The minimum atomic E-state index is -1.13. The van der Waals surface area contributed by atoms with E-state index in [0.29, 0.717) is 24.9 Å². The lowest BCUT2D eigenvalue weighted by Crippen LogP contribution is -2.45. The van der Waals surface area contributed by atoms with E-state index in [0.717, 1.165) is 10.5 Å². The van der Waals surface area contributed by atoms with Gasteiger partial charge in [-0.05, 0) is 24.5 Å². The molecule has 3 rings (SSSR count). The summed E-state index contributed by atoms with van der Waals surface area (Å²) >= 11 is 0. The predicted molar refractivity (Wildman–Crippen MR) is 101 cm³/mol. The Hall–Kier alpha value is -3.36. The maximum Gasteiger partial charge on any atom is 0.407 e. The topological polar surface area (TPSA) is 101 Å². The second-order valence-corrected chi connectivity index (χ2v) is 6.57. The molecule has 1 aliphatic heterocycles. The second-order valence-electron chi connectivity index (χ2n) is 6.57. The minimum Gasteiger partial charge on any atom is -0.481 e. The van der Waals surface area contributed by atoms with Crippen LogP contribution < -0.4 is 14.8 Å². The molecule has 1 fully saturated rings. The molecule has 0 spiro atoms. The Kier molecular flexibility index (Phi) is 6.48. The van der Waals surface area contributed by atoms with Gasteiger partial charge in [0, 0.05) is 18.7 Å². The maximum absolute atomic E-state index is 14.4. The highest BCUT2D eigenvalue weighted by Crippen LogP contribution is 2.25. The Bertz CT molecular complexity index is 878. The van der Waals surface area contributed by atoms with Crippen LogP contribution in [-0.2, 0) is 17.9 Å². The molecule has 1 saturated heterocycles. The van der Waals surface area contributed by atoms with Gasteiger partial charge in [0.2, 0.25) is 11.8 Å². The van der Waals surface area contributed by atoms with Crippen LogP contribution in [0.25, 0.3) is 0 Å². The van der Waals surface area contributed by atoms with Gasteiger partial charge in [-0.25, -0.2) is 9.18 Å². The van der Waals surface area contributed by atoms with Crippen molar-refractivity contribution in [2.45, 2.75) is 32.0 Å². The van der Waals surface area contributed by atoms with Gasteiger partial charge in [-0.2, -0.15) is 4.98 Å². The number of ether oxygens (including phenoxy) is 2. The largest absolute Gasteiger partial charge is 0.481 e. The highest BCUT2D eigenvalue weighted by molar-refractivity contribution is 5.85. The lowest BCUT2D eigenvalue weighted by atomic mass is 10.2. The lowest BCUT2D eigenvalue weighted by molar-refractivity contribution is -0.125. The van der Waals surface area contributed by atoms with Crippen molar-refractivity contribution in [2.24, 2.45) is 0 Å². The number of aromatic nitrogens is 1. The van der Waals surface area contributed by atoms with Crippen molar-refractivity contribution in [3.05, 3.63) is 53.3 Å². The van der Waals surface area contributed by atoms with Crippen LogP contribution in [0.1, 0.15) is 24.0 Å². The average Bonchev–Trinajstić information content (AvgIpc) is 3.22. The molecular formula is C20H22FN3O5. The number of halogens is 1. The third-order valence-electron chi connectivity index (χ3n) is 4.65. The molecule has 1 aromatic heterocycles. The fourth-order valence-electron chi connectivity index (χ4n) is 3.19. The zero-order valence-electron chi connectivity index (χ0n) is 15.9. The van der Waals surface area contributed by atoms with E-state index in [1.807, 2.05) is 30.3 Å². The SMILES string of the molecule is COc1nc(OCc2ccccc2)c(F)cc1CNC(=O)C1CCCN1C(=O)O. The Morgan fingerprint density at radius 2 is 2.07 bits per heavy atom. The zero-order chi connectivity index (χ0) is 20.8. The number of methoxy groups -OCH3 is 1. The molecule has 0 radical (unpaired) electrons. The molecule has 0 bridgehead atoms. The Balaban J connectivity index is 1.65. The van der Waals surface area contributed by atoms with Crippen LogP contribution in [0, 0.1) is 5.82 Å².